The third-order valence-electron chi connectivity index (χ3n) is 9.35. The molecular weight excluding hydrogens is 814 g/mol. The summed E-state index contributed by atoms with van der Waals surface area (Å²) in [6.45, 7) is 1.53. The molecule has 0 aliphatic heterocycles. The third kappa shape index (κ3) is 41.3. The van der Waals surface area contributed by atoms with Crippen molar-refractivity contribution in [1.82, 2.24) is 0 Å². The van der Waals surface area contributed by atoms with E-state index in [0.717, 1.165) is 51.4 Å². The Morgan fingerprint density at radius 3 is 1.07 bits per heavy atom. The van der Waals surface area contributed by atoms with Gasteiger partial charge in [-0.1, -0.05) is 142 Å². The number of esters is 4. The van der Waals surface area contributed by atoms with Gasteiger partial charge in [0.1, 0.15) is 13.2 Å². The molecule has 2 unspecified atom stereocenters. The molecule has 60 heavy (non-hydrogen) atoms. The van der Waals surface area contributed by atoms with Crippen LogP contribution in [0.25, 0.3) is 0 Å². The van der Waals surface area contributed by atoms with E-state index in [1.54, 1.807) is 0 Å². The summed E-state index contributed by atoms with van der Waals surface area (Å²) < 4.78 is 43.2. The fraction of sp³-hybridized carbons (Fsp3) is 0.857. The van der Waals surface area contributed by atoms with E-state index in [1.165, 1.54) is 77.0 Å². The molecule has 0 aliphatic rings. The minimum Gasteiger partial charge on any atom is -0.756 e. The Morgan fingerprint density at radius 1 is 0.433 bits per heavy atom. The van der Waals surface area contributed by atoms with Crippen LogP contribution in [0, 0.1) is 0 Å². The van der Waals surface area contributed by atoms with E-state index in [4.69, 9.17) is 38.2 Å². The van der Waals surface area contributed by atoms with Crippen LogP contribution in [0.4, 0.5) is 0 Å². The molecule has 0 heterocycles. The normalized spacial score (nSPS) is 13.0. The molecule has 344 valence electrons. The van der Waals surface area contributed by atoms with E-state index >= 15 is 0 Å². The first-order valence-electron chi connectivity index (χ1n) is 22.0. The summed E-state index contributed by atoms with van der Waals surface area (Å²) in [5.74, 6) is -5.72. The Kier molecular flexibility index (Phi) is 41.0. The van der Waals surface area contributed by atoms with Gasteiger partial charge < -0.3 is 43.1 Å². The van der Waals surface area contributed by atoms with Gasteiger partial charge in [-0.05, 0) is 12.8 Å². The summed E-state index contributed by atoms with van der Waals surface area (Å²) in [5, 5.41) is 17.6. The number of hydrogen-bond donors (Lipinski definition) is 2. The van der Waals surface area contributed by atoms with Crippen molar-refractivity contribution in [2.75, 3.05) is 26.4 Å². The topological polar surface area (TPSA) is 238 Å². The van der Waals surface area contributed by atoms with Crippen molar-refractivity contribution in [2.45, 2.75) is 206 Å². The monoisotopic (exact) mass is 888 g/mol. The molecule has 18 heteroatoms. The Balaban J connectivity index is 0. The largest absolute Gasteiger partial charge is 1.00 e. The maximum Gasteiger partial charge on any atom is 1.00 e. The van der Waals surface area contributed by atoms with Gasteiger partial charge in [0.25, 0.3) is 7.82 Å². The van der Waals surface area contributed by atoms with Crippen LogP contribution in [-0.4, -0.2) is 84.7 Å². The first-order valence-corrected chi connectivity index (χ1v) is 23.5. The van der Waals surface area contributed by atoms with Gasteiger partial charge >= 0.3 is 65.4 Å². The van der Waals surface area contributed by atoms with Crippen molar-refractivity contribution in [3.05, 3.63) is 0 Å². The molecule has 16 nitrogen and oxygen atoms in total. The summed E-state index contributed by atoms with van der Waals surface area (Å²) >= 11 is 0. The molecule has 0 aromatic carbocycles. The van der Waals surface area contributed by atoms with Crippen molar-refractivity contribution in [3.63, 3.8) is 0 Å². The average Bonchev–Trinajstić information content (AvgIpc) is 3.19. The van der Waals surface area contributed by atoms with E-state index < -0.39 is 108 Å². The van der Waals surface area contributed by atoms with Crippen molar-refractivity contribution >= 4 is 43.6 Å². The van der Waals surface area contributed by atoms with Gasteiger partial charge in [-0.25, -0.2) is 0 Å². The van der Waals surface area contributed by atoms with Crippen molar-refractivity contribution in [1.29, 1.82) is 0 Å². The Morgan fingerprint density at radius 2 is 0.717 bits per heavy atom. The predicted octanol–water partition coefficient (Wildman–Crippen LogP) is 5.53. The quantitative estimate of drug-likeness (QED) is 0.0252. The summed E-state index contributed by atoms with van der Waals surface area (Å²) in [7, 11) is -5.21. The molecule has 0 rings (SSSR count). The van der Waals surface area contributed by atoms with Crippen LogP contribution < -0.4 is 34.5 Å². The standard InChI is InChI=1S/C42H75O16P.Na/c1-3-5-7-9-11-13-15-17-19-21-23-25-39(47)53-31-35(57-41(49)26-24-22-20-18-16-14-12-10-8-6-4-2)33-55-59(51,52)56-34-36(58-42(50)30-28-38(45)46)32-54-40(48)29-27-37(43)44;/h35-36H,3-34H2,1-2H3,(H,43,44)(H,45,46)(H,51,52);/q;+1/p-1/t35-,36?;/m1./s1. The van der Waals surface area contributed by atoms with Crippen LogP contribution in [-0.2, 0) is 61.3 Å². The van der Waals surface area contributed by atoms with Crippen molar-refractivity contribution in [3.8, 4) is 0 Å². The number of carboxylic acid groups (broad SMARTS) is 2. The molecule has 3 atom stereocenters. The minimum atomic E-state index is -5.21. The average molecular weight is 889 g/mol. The molecule has 0 bridgehead atoms. The molecule has 2 N–H and O–H groups in total. The Bertz CT molecular complexity index is 1200. The van der Waals surface area contributed by atoms with Crippen LogP contribution >= 0.6 is 7.82 Å². The number of hydrogen-bond acceptors (Lipinski definition) is 14. The first-order chi connectivity index (χ1) is 28.3. The zero-order valence-electron chi connectivity index (χ0n) is 36.8. The summed E-state index contributed by atoms with van der Waals surface area (Å²) in [4.78, 5) is 83.6. The third-order valence-corrected chi connectivity index (χ3v) is 10.3. The van der Waals surface area contributed by atoms with E-state index in [0.29, 0.717) is 12.8 Å². The van der Waals surface area contributed by atoms with Crippen molar-refractivity contribution in [2.24, 2.45) is 0 Å². The van der Waals surface area contributed by atoms with E-state index in [2.05, 4.69) is 13.8 Å². The molecule has 0 saturated heterocycles. The van der Waals surface area contributed by atoms with Gasteiger partial charge in [-0.15, -0.1) is 0 Å². The summed E-state index contributed by atoms with van der Waals surface area (Å²) in [5.41, 5.74) is 0. The molecule has 0 aliphatic carbocycles. The molecule has 0 radical (unpaired) electrons. The number of unbranched alkanes of at least 4 members (excludes halogenated alkanes) is 20. The molecular formula is C42H74NaO16P. The Hall–Kier alpha value is -2.07. The van der Waals surface area contributed by atoms with Crippen LogP contribution in [0.3, 0.4) is 0 Å². The zero-order chi connectivity index (χ0) is 44.0. The SMILES string of the molecule is CCCCCCCCCCCCCC(=O)OC[C@H](COP(=O)([O-])OCC(COC(=O)CCC(=O)O)OC(=O)CCC(=O)O)OC(=O)CCCCCCCCCCCCC.[Na+]. The second kappa shape index (κ2) is 41.0. The Labute approximate surface area is 380 Å². The molecule has 0 spiro atoms. The van der Waals surface area contributed by atoms with Crippen LogP contribution in [0.1, 0.15) is 194 Å². The van der Waals surface area contributed by atoms with E-state index in [-0.39, 0.29) is 42.4 Å². The predicted molar refractivity (Wildman–Crippen MR) is 217 cm³/mol. The maximum absolute atomic E-state index is 12.7. The second-order valence-electron chi connectivity index (χ2n) is 15.0. The van der Waals surface area contributed by atoms with Crippen LogP contribution in [0.2, 0.25) is 0 Å². The van der Waals surface area contributed by atoms with Gasteiger partial charge in [-0.2, -0.15) is 0 Å². The number of aliphatic carboxylic acids is 2. The maximum atomic E-state index is 12.7. The number of rotatable bonds is 42. The number of carbonyl (C=O) groups is 6. The summed E-state index contributed by atoms with van der Waals surface area (Å²) in [6.07, 6.45) is 19.5. The fourth-order valence-electron chi connectivity index (χ4n) is 5.91. The minimum absolute atomic E-state index is 0. The van der Waals surface area contributed by atoms with Crippen LogP contribution in [0.5, 0.6) is 0 Å². The van der Waals surface area contributed by atoms with Gasteiger partial charge in [0.15, 0.2) is 12.2 Å². The van der Waals surface area contributed by atoms with Gasteiger partial charge in [0.05, 0.1) is 38.9 Å². The second-order valence-corrected chi connectivity index (χ2v) is 16.4. The summed E-state index contributed by atoms with van der Waals surface area (Å²) in [6, 6.07) is 0. The number of carbonyl (C=O) groups excluding carboxylic acids is 4. The fourth-order valence-corrected chi connectivity index (χ4v) is 6.68. The molecule has 0 fully saturated rings. The molecule has 0 saturated carbocycles. The van der Waals surface area contributed by atoms with E-state index in [9.17, 15) is 38.2 Å². The van der Waals surface area contributed by atoms with E-state index in [1.807, 2.05) is 0 Å². The van der Waals surface area contributed by atoms with Crippen LogP contribution in [0.15, 0.2) is 0 Å². The number of phosphoric ester groups is 1. The molecule has 0 aromatic rings. The van der Waals surface area contributed by atoms with Gasteiger partial charge in [0, 0.05) is 12.8 Å². The number of phosphoric acid groups is 1. The molecule has 0 amide bonds. The number of ether oxygens (including phenoxy) is 4. The van der Waals surface area contributed by atoms with Crippen molar-refractivity contribution < 1.29 is 106 Å². The van der Waals surface area contributed by atoms with Gasteiger partial charge in [0.2, 0.25) is 0 Å². The van der Waals surface area contributed by atoms with Gasteiger partial charge in [-0.3, -0.25) is 33.3 Å². The molecule has 0 aromatic heterocycles. The number of carboxylic acids is 2. The smallest absolute Gasteiger partial charge is 0.756 e. The zero-order valence-corrected chi connectivity index (χ0v) is 39.7. The first kappa shape index (κ1) is 60.0.